The zero-order valence-electron chi connectivity index (χ0n) is 14.9. The summed E-state index contributed by atoms with van der Waals surface area (Å²) in [6.45, 7) is 3.47. The second kappa shape index (κ2) is 7.92. The Morgan fingerprint density at radius 3 is 2.71 bits per heavy atom. The lowest BCUT2D eigenvalue weighted by atomic mass is 10.1. The molecule has 3 rings (SSSR count). The summed E-state index contributed by atoms with van der Waals surface area (Å²) in [5.41, 5.74) is 0.940. The van der Waals surface area contributed by atoms with Crippen molar-refractivity contribution in [2.24, 2.45) is 0 Å². The third-order valence-corrected chi connectivity index (χ3v) is 5.34. The number of benzene rings is 1. The number of rotatable bonds is 5. The van der Waals surface area contributed by atoms with Crippen molar-refractivity contribution in [2.75, 3.05) is 5.32 Å². The smallest absolute Gasteiger partial charge is 0.361 e. The number of thiazole rings is 1. The van der Waals surface area contributed by atoms with Crippen LogP contribution < -0.4 is 5.32 Å². The lowest BCUT2D eigenvalue weighted by molar-refractivity contribution is -0.137. The van der Waals surface area contributed by atoms with Crippen LogP contribution in [0.5, 0.6) is 0 Å². The van der Waals surface area contributed by atoms with Gasteiger partial charge in [-0.1, -0.05) is 16.8 Å². The zero-order valence-corrected chi connectivity index (χ0v) is 16.4. The quantitative estimate of drug-likeness (QED) is 0.605. The SMILES string of the molecule is Cc1noc(C)c1CC(=O)Nc1ncc(Cc2cc(C(F)(F)F)ccc2Cl)s1. The largest absolute Gasteiger partial charge is 0.416 e. The highest BCUT2D eigenvalue weighted by atomic mass is 35.5. The summed E-state index contributed by atoms with van der Waals surface area (Å²) in [4.78, 5) is 17.0. The maximum atomic E-state index is 12.9. The van der Waals surface area contributed by atoms with Crippen molar-refractivity contribution in [3.8, 4) is 0 Å². The molecule has 0 unspecified atom stereocenters. The van der Waals surface area contributed by atoms with E-state index >= 15 is 0 Å². The van der Waals surface area contributed by atoms with E-state index < -0.39 is 11.7 Å². The molecule has 5 nitrogen and oxygen atoms in total. The minimum atomic E-state index is -4.44. The summed E-state index contributed by atoms with van der Waals surface area (Å²) in [6, 6.07) is 3.20. The molecule has 10 heteroatoms. The number of aryl methyl sites for hydroxylation is 2. The van der Waals surface area contributed by atoms with Crippen LogP contribution in [0.1, 0.15) is 33.0 Å². The molecular formula is C18H15ClF3N3O2S. The number of nitrogens with one attached hydrogen (secondary N) is 1. The summed E-state index contributed by atoms with van der Waals surface area (Å²) >= 11 is 7.21. The Bertz CT molecular complexity index is 994. The molecule has 0 aliphatic heterocycles. The van der Waals surface area contributed by atoms with Crippen molar-refractivity contribution in [3.63, 3.8) is 0 Å². The van der Waals surface area contributed by atoms with Crippen LogP contribution in [-0.2, 0) is 23.8 Å². The number of halogens is 4. The first kappa shape index (κ1) is 20.3. The molecule has 0 spiro atoms. The van der Waals surface area contributed by atoms with Gasteiger partial charge in [-0.25, -0.2) is 4.98 Å². The topological polar surface area (TPSA) is 68.0 Å². The van der Waals surface area contributed by atoms with Crippen LogP contribution in [0.4, 0.5) is 18.3 Å². The van der Waals surface area contributed by atoms with E-state index in [-0.39, 0.29) is 23.8 Å². The molecule has 0 aliphatic carbocycles. The van der Waals surface area contributed by atoms with Crippen molar-refractivity contribution in [3.05, 3.63) is 62.4 Å². The standard InChI is InChI=1S/C18H15ClF3N3O2S/c1-9-14(10(2)27-25-9)7-16(26)24-17-23-8-13(28-17)6-11-5-12(18(20,21)22)3-4-15(11)19/h3-5,8H,6-7H2,1-2H3,(H,23,24,26). The Labute approximate surface area is 167 Å². The Balaban J connectivity index is 1.68. The van der Waals surface area contributed by atoms with Crippen molar-refractivity contribution in [1.29, 1.82) is 0 Å². The normalized spacial score (nSPS) is 11.6. The van der Waals surface area contributed by atoms with Crippen molar-refractivity contribution in [1.82, 2.24) is 10.1 Å². The Kier molecular flexibility index (Phi) is 5.76. The van der Waals surface area contributed by atoms with E-state index in [1.54, 1.807) is 13.8 Å². The molecule has 1 N–H and O–H groups in total. The van der Waals surface area contributed by atoms with Crippen LogP contribution in [0.25, 0.3) is 0 Å². The second-order valence-electron chi connectivity index (χ2n) is 6.14. The summed E-state index contributed by atoms with van der Waals surface area (Å²) in [5, 5.41) is 7.07. The van der Waals surface area contributed by atoms with E-state index in [0.717, 1.165) is 12.1 Å². The number of hydrogen-bond acceptors (Lipinski definition) is 5. The average molecular weight is 430 g/mol. The first-order valence-corrected chi connectivity index (χ1v) is 9.35. The fourth-order valence-electron chi connectivity index (χ4n) is 2.60. The van der Waals surface area contributed by atoms with Crippen LogP contribution in [0.3, 0.4) is 0 Å². The van der Waals surface area contributed by atoms with Crippen LogP contribution in [0.2, 0.25) is 5.02 Å². The van der Waals surface area contributed by atoms with E-state index in [9.17, 15) is 18.0 Å². The Morgan fingerprint density at radius 2 is 2.07 bits per heavy atom. The molecular weight excluding hydrogens is 415 g/mol. The third kappa shape index (κ3) is 4.71. The van der Waals surface area contributed by atoms with Crippen molar-refractivity contribution in [2.45, 2.75) is 32.9 Å². The summed E-state index contributed by atoms with van der Waals surface area (Å²) in [6.07, 6.45) is -2.66. The number of carbonyl (C=O) groups is 1. The van der Waals surface area contributed by atoms with Crippen molar-refractivity contribution < 1.29 is 22.5 Å². The maximum absolute atomic E-state index is 12.9. The van der Waals surface area contributed by atoms with Gasteiger partial charge < -0.3 is 9.84 Å². The molecule has 0 atom stereocenters. The Hall–Kier alpha value is -2.39. The molecule has 0 bridgehead atoms. The second-order valence-corrected chi connectivity index (χ2v) is 7.66. The van der Waals surface area contributed by atoms with E-state index in [0.29, 0.717) is 32.6 Å². The molecule has 0 fully saturated rings. The van der Waals surface area contributed by atoms with Gasteiger partial charge in [-0.2, -0.15) is 13.2 Å². The summed E-state index contributed by atoms with van der Waals surface area (Å²) in [5.74, 6) is 0.291. The van der Waals surface area contributed by atoms with Crippen LogP contribution in [-0.4, -0.2) is 16.0 Å². The van der Waals surface area contributed by atoms with Gasteiger partial charge in [0.15, 0.2) is 5.13 Å². The lowest BCUT2D eigenvalue weighted by Crippen LogP contribution is -2.14. The number of carbonyl (C=O) groups excluding carboxylic acids is 1. The molecule has 3 aromatic rings. The minimum absolute atomic E-state index is 0.0928. The van der Waals surface area contributed by atoms with Gasteiger partial charge >= 0.3 is 6.18 Å². The molecule has 1 aromatic carbocycles. The van der Waals surface area contributed by atoms with Crippen LogP contribution in [0.15, 0.2) is 28.9 Å². The molecule has 0 saturated heterocycles. The monoisotopic (exact) mass is 429 g/mol. The van der Waals surface area contributed by atoms with Gasteiger partial charge in [0, 0.05) is 28.1 Å². The molecule has 2 aromatic heterocycles. The highest BCUT2D eigenvalue weighted by molar-refractivity contribution is 7.15. The van der Waals surface area contributed by atoms with Gasteiger partial charge in [-0.15, -0.1) is 11.3 Å². The molecule has 148 valence electrons. The van der Waals surface area contributed by atoms with Gasteiger partial charge in [0.1, 0.15) is 5.76 Å². The molecule has 0 saturated carbocycles. The van der Waals surface area contributed by atoms with E-state index in [1.807, 2.05) is 0 Å². The number of hydrogen-bond donors (Lipinski definition) is 1. The molecule has 0 aliphatic rings. The van der Waals surface area contributed by atoms with Gasteiger partial charge in [0.2, 0.25) is 5.91 Å². The third-order valence-electron chi connectivity index (χ3n) is 4.06. The highest BCUT2D eigenvalue weighted by Crippen LogP contribution is 2.33. The number of anilines is 1. The number of amides is 1. The van der Waals surface area contributed by atoms with Crippen molar-refractivity contribution >= 4 is 34.0 Å². The lowest BCUT2D eigenvalue weighted by Gasteiger charge is -2.09. The predicted octanol–water partition coefficient (Wildman–Crippen LogP) is 5.19. The van der Waals surface area contributed by atoms with Crippen LogP contribution in [0, 0.1) is 13.8 Å². The molecule has 28 heavy (non-hydrogen) atoms. The zero-order chi connectivity index (χ0) is 20.5. The number of nitrogens with zero attached hydrogens (tertiary/aromatic N) is 2. The molecule has 0 radical (unpaired) electrons. The summed E-state index contributed by atoms with van der Waals surface area (Å²) < 4.78 is 43.7. The van der Waals surface area contributed by atoms with Gasteiger partial charge in [-0.05, 0) is 37.6 Å². The van der Waals surface area contributed by atoms with E-state index in [4.69, 9.17) is 16.1 Å². The van der Waals surface area contributed by atoms with E-state index in [1.165, 1.54) is 23.6 Å². The van der Waals surface area contributed by atoms with Gasteiger partial charge in [-0.3, -0.25) is 4.79 Å². The summed E-state index contributed by atoms with van der Waals surface area (Å²) in [7, 11) is 0. The number of aromatic nitrogens is 2. The van der Waals surface area contributed by atoms with Gasteiger partial charge in [0.25, 0.3) is 0 Å². The van der Waals surface area contributed by atoms with Gasteiger partial charge in [0.05, 0.1) is 17.7 Å². The Morgan fingerprint density at radius 1 is 1.32 bits per heavy atom. The first-order chi connectivity index (χ1) is 13.1. The van der Waals surface area contributed by atoms with E-state index in [2.05, 4.69) is 15.5 Å². The molecule has 2 heterocycles. The fraction of sp³-hybridized carbons (Fsp3) is 0.278. The molecule has 1 amide bonds. The predicted molar refractivity (Wildman–Crippen MR) is 99.7 cm³/mol. The maximum Gasteiger partial charge on any atom is 0.416 e. The first-order valence-electron chi connectivity index (χ1n) is 8.15. The minimum Gasteiger partial charge on any atom is -0.361 e. The average Bonchev–Trinajstić information content (AvgIpc) is 3.17. The number of alkyl halides is 3. The van der Waals surface area contributed by atoms with Crippen LogP contribution >= 0.6 is 22.9 Å². The fourth-order valence-corrected chi connectivity index (χ4v) is 3.64. The highest BCUT2D eigenvalue weighted by Gasteiger charge is 2.31.